The predicted molar refractivity (Wildman–Crippen MR) is 124 cm³/mol. The molecule has 0 aliphatic carbocycles. The molecule has 0 bridgehead atoms. The van der Waals surface area contributed by atoms with E-state index in [1.807, 2.05) is 24.4 Å². The molecule has 0 saturated heterocycles. The Hall–Kier alpha value is -3.36. The molecule has 2 N–H and O–H groups in total. The molecule has 3 heterocycles. The highest BCUT2D eigenvalue weighted by Gasteiger charge is 2.19. The Balaban J connectivity index is 0.000000166. The molecule has 0 fully saturated rings. The number of fused-ring (bicyclic) bond motifs is 2. The van der Waals surface area contributed by atoms with E-state index in [2.05, 4.69) is 49.8 Å². The molecule has 0 saturated carbocycles. The van der Waals surface area contributed by atoms with Crippen molar-refractivity contribution in [2.45, 2.75) is 13.2 Å². The number of hydrogen-bond donors (Lipinski definition) is 2. The van der Waals surface area contributed by atoms with Crippen molar-refractivity contribution >= 4 is 39.2 Å². The van der Waals surface area contributed by atoms with Gasteiger partial charge in [-0.25, -0.2) is 4.98 Å². The van der Waals surface area contributed by atoms with Gasteiger partial charge < -0.3 is 24.7 Å². The second-order valence-corrected chi connectivity index (χ2v) is 7.97. The molecule has 1 amide bonds. The number of imidazole rings is 1. The summed E-state index contributed by atoms with van der Waals surface area (Å²) in [4.78, 5) is 19.8. The Labute approximate surface area is 184 Å². The molecule has 2 aromatic heterocycles. The van der Waals surface area contributed by atoms with Crippen molar-refractivity contribution in [2.24, 2.45) is 0 Å². The van der Waals surface area contributed by atoms with Crippen molar-refractivity contribution in [3.8, 4) is 5.75 Å². The van der Waals surface area contributed by atoms with Crippen molar-refractivity contribution in [1.29, 1.82) is 0 Å². The summed E-state index contributed by atoms with van der Waals surface area (Å²) in [5.74, 6) is 0.835. The zero-order valence-electron chi connectivity index (χ0n) is 17.2. The number of carbonyl (C=O) groups is 1. The Morgan fingerprint density at radius 1 is 1.29 bits per heavy atom. The van der Waals surface area contributed by atoms with Crippen molar-refractivity contribution in [2.75, 3.05) is 30.5 Å². The van der Waals surface area contributed by atoms with Crippen LogP contribution in [-0.2, 0) is 22.7 Å². The van der Waals surface area contributed by atoms with Crippen LogP contribution in [0.4, 0.5) is 11.4 Å². The monoisotopic (exact) mass is 436 g/mol. The maximum atomic E-state index is 10.5. The highest BCUT2D eigenvalue weighted by molar-refractivity contribution is 7.17. The first-order valence-electron chi connectivity index (χ1n) is 9.91. The summed E-state index contributed by atoms with van der Waals surface area (Å²) in [6.07, 6.45) is 4.15. The third-order valence-electron chi connectivity index (χ3n) is 4.89. The molecular formula is C23H24N4O3S. The first kappa shape index (κ1) is 20.9. The lowest BCUT2D eigenvalue weighted by Gasteiger charge is -2.31. The van der Waals surface area contributed by atoms with Gasteiger partial charge in [-0.15, -0.1) is 11.3 Å². The van der Waals surface area contributed by atoms with Crippen molar-refractivity contribution in [3.63, 3.8) is 0 Å². The number of H-pyrrole nitrogens is 1. The van der Waals surface area contributed by atoms with Gasteiger partial charge in [0.25, 0.3) is 0 Å². The molecule has 0 unspecified atom stereocenters. The molecule has 1 aliphatic heterocycles. The number of rotatable bonds is 6. The molecule has 4 aromatic rings. The molecule has 0 radical (unpaired) electrons. The number of ether oxygens (including phenoxy) is 2. The summed E-state index contributed by atoms with van der Waals surface area (Å²) >= 11 is 1.77. The van der Waals surface area contributed by atoms with E-state index >= 15 is 0 Å². The number of hydrogen-bond acceptors (Lipinski definition) is 6. The Kier molecular flexibility index (Phi) is 6.81. The second-order valence-electron chi connectivity index (χ2n) is 7.02. The first-order chi connectivity index (χ1) is 15.3. The molecule has 8 heteroatoms. The number of thiophene rings is 1. The van der Waals surface area contributed by atoms with Crippen LogP contribution in [0.15, 0.2) is 60.4 Å². The van der Waals surface area contributed by atoms with E-state index < -0.39 is 0 Å². The first-order valence-corrected chi connectivity index (χ1v) is 10.8. The maximum absolute atomic E-state index is 10.5. The van der Waals surface area contributed by atoms with E-state index in [9.17, 15) is 4.79 Å². The normalized spacial score (nSPS) is 12.5. The Bertz CT molecular complexity index is 1130. The van der Waals surface area contributed by atoms with Gasteiger partial charge in [0.2, 0.25) is 6.41 Å². The molecule has 160 valence electrons. The third kappa shape index (κ3) is 5.22. The summed E-state index contributed by atoms with van der Waals surface area (Å²) in [6.45, 7) is 2.89. The fraction of sp³-hybridized carbons (Fsp3) is 0.217. The molecule has 2 aromatic carbocycles. The smallest absolute Gasteiger partial charge is 0.211 e. The van der Waals surface area contributed by atoms with Gasteiger partial charge in [-0.05, 0) is 52.7 Å². The zero-order valence-corrected chi connectivity index (χ0v) is 18.0. The lowest BCUT2D eigenvalue weighted by Crippen LogP contribution is -2.32. The standard InChI is InChI=1S/C13H14N4O2.C10H10OS/c18-9-16-10-1-2-13-12(5-10)17(3-4-19-13)7-11-6-14-8-15-11;1-11-7-8-2-3-10-9(6-8)4-5-12-10/h1-2,5-6,8-9H,3-4,7H2,(H,14,15)(H,16,18);2-6H,7H2,1H3. The number of aromatic nitrogens is 2. The van der Waals surface area contributed by atoms with Gasteiger partial charge in [0.15, 0.2) is 0 Å². The number of aromatic amines is 1. The van der Waals surface area contributed by atoms with Crippen molar-refractivity contribution in [1.82, 2.24) is 9.97 Å². The van der Waals surface area contributed by atoms with E-state index in [4.69, 9.17) is 9.47 Å². The molecule has 5 rings (SSSR count). The number of nitrogens with zero attached hydrogens (tertiary/aromatic N) is 2. The van der Waals surface area contributed by atoms with Crippen molar-refractivity contribution in [3.05, 3.63) is 71.6 Å². The van der Waals surface area contributed by atoms with Gasteiger partial charge >= 0.3 is 0 Å². The largest absolute Gasteiger partial charge is 0.490 e. The van der Waals surface area contributed by atoms with Gasteiger partial charge in [-0.3, -0.25) is 4.79 Å². The quantitative estimate of drug-likeness (QED) is 0.437. The molecule has 1 aliphatic rings. The maximum Gasteiger partial charge on any atom is 0.211 e. The molecule has 7 nitrogen and oxygen atoms in total. The lowest BCUT2D eigenvalue weighted by molar-refractivity contribution is -0.105. The van der Waals surface area contributed by atoms with Crippen LogP contribution in [0.5, 0.6) is 5.75 Å². The SMILES string of the molecule is COCc1ccc2sccc2c1.O=CNc1ccc2c(c1)N(Cc1cnc[nH]1)CCO2. The van der Waals surface area contributed by atoms with Gasteiger partial charge in [-0.2, -0.15) is 0 Å². The van der Waals surface area contributed by atoms with Crippen LogP contribution in [0.3, 0.4) is 0 Å². The number of methoxy groups -OCH3 is 1. The highest BCUT2D eigenvalue weighted by Crippen LogP contribution is 2.34. The van der Waals surface area contributed by atoms with E-state index in [0.29, 0.717) is 19.6 Å². The molecule has 0 atom stereocenters. The lowest BCUT2D eigenvalue weighted by atomic mass is 10.2. The minimum atomic E-state index is 0.654. The van der Waals surface area contributed by atoms with E-state index in [1.165, 1.54) is 15.6 Å². The Morgan fingerprint density at radius 3 is 3.03 bits per heavy atom. The van der Waals surface area contributed by atoms with Crippen LogP contribution >= 0.6 is 11.3 Å². The summed E-state index contributed by atoms with van der Waals surface area (Å²) < 4.78 is 12.0. The van der Waals surface area contributed by atoms with Crippen LogP contribution in [0.2, 0.25) is 0 Å². The number of amides is 1. The van der Waals surface area contributed by atoms with Crippen LogP contribution in [0.1, 0.15) is 11.3 Å². The van der Waals surface area contributed by atoms with E-state index in [-0.39, 0.29) is 0 Å². The number of nitrogens with one attached hydrogen (secondary N) is 2. The molecule has 31 heavy (non-hydrogen) atoms. The average molecular weight is 437 g/mol. The second kappa shape index (κ2) is 10.1. The van der Waals surface area contributed by atoms with Crippen LogP contribution < -0.4 is 15.0 Å². The van der Waals surface area contributed by atoms with E-state index in [0.717, 1.165) is 35.9 Å². The summed E-state index contributed by atoms with van der Waals surface area (Å²) in [5.41, 5.74) is 4.02. The third-order valence-corrected chi connectivity index (χ3v) is 5.79. The molecule has 0 spiro atoms. The van der Waals surface area contributed by atoms with E-state index in [1.54, 1.807) is 24.8 Å². The number of benzene rings is 2. The van der Waals surface area contributed by atoms with Gasteiger partial charge in [0.1, 0.15) is 12.4 Å². The molecular weight excluding hydrogens is 412 g/mol. The fourth-order valence-corrected chi connectivity index (χ4v) is 4.22. The summed E-state index contributed by atoms with van der Waals surface area (Å²) in [6, 6.07) is 14.2. The summed E-state index contributed by atoms with van der Waals surface area (Å²) in [7, 11) is 1.72. The van der Waals surface area contributed by atoms with Gasteiger partial charge in [0.05, 0.1) is 37.4 Å². The summed E-state index contributed by atoms with van der Waals surface area (Å²) in [5, 5.41) is 6.08. The van der Waals surface area contributed by atoms with Crippen molar-refractivity contribution < 1.29 is 14.3 Å². The zero-order chi connectivity index (χ0) is 21.5. The number of anilines is 2. The van der Waals surface area contributed by atoms with Crippen LogP contribution in [0.25, 0.3) is 10.1 Å². The minimum absolute atomic E-state index is 0.654. The van der Waals surface area contributed by atoms with Crippen LogP contribution in [0, 0.1) is 0 Å². The number of carbonyl (C=O) groups excluding carboxylic acids is 1. The predicted octanol–water partition coefficient (Wildman–Crippen LogP) is 4.42. The minimum Gasteiger partial charge on any atom is -0.490 e. The fourth-order valence-electron chi connectivity index (χ4n) is 3.44. The van der Waals surface area contributed by atoms with Gasteiger partial charge in [0, 0.05) is 23.7 Å². The van der Waals surface area contributed by atoms with Crippen LogP contribution in [-0.4, -0.2) is 36.6 Å². The Morgan fingerprint density at radius 2 is 2.23 bits per heavy atom. The highest BCUT2D eigenvalue weighted by atomic mass is 32.1. The van der Waals surface area contributed by atoms with Gasteiger partial charge in [-0.1, -0.05) is 6.07 Å². The average Bonchev–Trinajstić information content (AvgIpc) is 3.47. The topological polar surface area (TPSA) is 79.5 Å².